The number of carbonyl (C=O) groups excluding carboxylic acids is 4. The number of carbonyl (C=O) groups is 4. The van der Waals surface area contributed by atoms with Crippen LogP contribution >= 0.6 is 23.1 Å². The lowest BCUT2D eigenvalue weighted by molar-refractivity contribution is -0.687. The van der Waals surface area contributed by atoms with Gasteiger partial charge in [-0.3, -0.25) is 19.3 Å². The summed E-state index contributed by atoms with van der Waals surface area (Å²) in [6, 6.07) is 0.887. The predicted molar refractivity (Wildman–Crippen MR) is 156 cm³/mol. The van der Waals surface area contributed by atoms with E-state index < -0.39 is 29.2 Å². The molecule has 3 amide bonds. The van der Waals surface area contributed by atoms with Gasteiger partial charge in [-0.2, -0.15) is 4.57 Å². The van der Waals surface area contributed by atoms with Crippen LogP contribution in [0.4, 0.5) is 5.13 Å². The third-order valence-corrected chi connectivity index (χ3v) is 8.43. The number of aryl methyl sites for hydroxylation is 1. The lowest BCUT2D eigenvalue weighted by Crippen LogP contribution is -2.71. The molecule has 3 aromatic rings. The molecule has 1 saturated heterocycles. The van der Waals surface area contributed by atoms with Crippen LogP contribution in [0.25, 0.3) is 11.0 Å². The molecular formula is C25H31N9O7S2. The van der Waals surface area contributed by atoms with Crippen molar-refractivity contribution >= 4 is 68.7 Å². The molecule has 0 aliphatic carbocycles. The van der Waals surface area contributed by atoms with Crippen LogP contribution in [-0.2, 0) is 37.6 Å². The summed E-state index contributed by atoms with van der Waals surface area (Å²) in [5, 5.41) is 19.6. The lowest BCUT2D eigenvalue weighted by Gasteiger charge is -2.50. The number of imidazole rings is 1. The highest BCUT2D eigenvalue weighted by Crippen LogP contribution is 2.40. The number of hydrogen-bond donors (Lipinski definition) is 2. The second-order valence-corrected chi connectivity index (χ2v) is 11.4. The number of aliphatic carboxylic acids is 1. The van der Waals surface area contributed by atoms with E-state index in [2.05, 4.69) is 20.4 Å². The number of aromatic nitrogens is 4. The van der Waals surface area contributed by atoms with Gasteiger partial charge in [0.1, 0.15) is 35.3 Å². The smallest absolute Gasteiger partial charge is 0.276 e. The summed E-state index contributed by atoms with van der Waals surface area (Å²) in [7, 11) is 6.59. The Morgan fingerprint density at radius 2 is 2.05 bits per heavy atom. The van der Waals surface area contributed by atoms with Crippen LogP contribution in [0.5, 0.6) is 0 Å². The van der Waals surface area contributed by atoms with Gasteiger partial charge in [0, 0.05) is 50.8 Å². The largest absolute Gasteiger partial charge is 0.543 e. The van der Waals surface area contributed by atoms with E-state index in [0.717, 1.165) is 22.4 Å². The summed E-state index contributed by atoms with van der Waals surface area (Å²) in [5.41, 5.74) is 7.76. The summed E-state index contributed by atoms with van der Waals surface area (Å²) < 4.78 is 3.69. The van der Waals surface area contributed by atoms with Crippen LogP contribution in [0.1, 0.15) is 12.6 Å². The maximum Gasteiger partial charge on any atom is 0.276 e. The van der Waals surface area contributed by atoms with E-state index in [-0.39, 0.29) is 40.2 Å². The number of carboxylic acid groups (broad SMARTS) is 1. The first-order valence-corrected chi connectivity index (χ1v) is 14.3. The van der Waals surface area contributed by atoms with Gasteiger partial charge in [-0.1, -0.05) is 5.16 Å². The van der Waals surface area contributed by atoms with Crippen molar-refractivity contribution in [2.24, 2.45) is 12.2 Å². The van der Waals surface area contributed by atoms with E-state index in [4.69, 9.17) is 10.6 Å². The van der Waals surface area contributed by atoms with Crippen molar-refractivity contribution in [3.05, 3.63) is 47.1 Å². The van der Waals surface area contributed by atoms with Crippen molar-refractivity contribution in [2.75, 3.05) is 32.7 Å². The number of nitrogen functional groups attached to an aromatic ring is 1. The van der Waals surface area contributed by atoms with Gasteiger partial charge in [0.15, 0.2) is 29.8 Å². The molecule has 0 saturated carbocycles. The molecule has 230 valence electrons. The Balaban J connectivity index is 0.000000658. The minimum atomic E-state index is -1.45. The van der Waals surface area contributed by atoms with Gasteiger partial charge in [-0.15, -0.1) is 23.1 Å². The average Bonchev–Trinajstić information content (AvgIpc) is 3.54. The highest BCUT2D eigenvalue weighted by Gasteiger charge is 2.53. The molecule has 16 nitrogen and oxygen atoms in total. The van der Waals surface area contributed by atoms with Gasteiger partial charge >= 0.3 is 0 Å². The molecule has 1 unspecified atom stereocenters. The molecule has 1 fully saturated rings. The fourth-order valence-corrected chi connectivity index (χ4v) is 6.01. The number of nitrogens with two attached hydrogens (primary N) is 1. The molecule has 0 bridgehead atoms. The first-order valence-electron chi connectivity index (χ1n) is 12.4. The number of amides is 3. The summed E-state index contributed by atoms with van der Waals surface area (Å²) in [5.74, 6) is -2.27. The molecule has 18 heteroatoms. The third kappa shape index (κ3) is 6.92. The van der Waals surface area contributed by atoms with Crippen LogP contribution in [0.3, 0.4) is 0 Å². The summed E-state index contributed by atoms with van der Waals surface area (Å²) in [6.07, 6.45) is 5.36. The number of oxime groups is 1. The molecule has 2 aliphatic heterocycles. The van der Waals surface area contributed by atoms with Crippen LogP contribution in [0.15, 0.2) is 46.6 Å². The first kappa shape index (κ1) is 33.0. The van der Waals surface area contributed by atoms with Gasteiger partial charge in [-0.25, -0.2) is 9.97 Å². The van der Waals surface area contributed by atoms with Crippen molar-refractivity contribution in [1.29, 1.82) is 0 Å². The first-order chi connectivity index (χ1) is 19.9. The van der Waals surface area contributed by atoms with Crippen LogP contribution in [0, 0.1) is 0 Å². The standard InChI is InChI=1S/C21H20N8O5S2.C4H9NO.H2O/c1-27-9-23-11-3-4-28(6-13(11)27)5-10-7-35-19-15(18(31)29(19)16(10)20(32)33)25-17(30)14(26-34-2)12-8-36-21(22)24-12;1-4(6)5(2)3;/h3-4,6,8-9,15,19H,5,7H2,1-2H3,(H3-,22,24,25,30,32,33);1-3H3;1H2/t15?,19-;;/m0../s1. The number of fused-ring (bicyclic) bond motifs is 2. The molecule has 43 heavy (non-hydrogen) atoms. The van der Waals surface area contributed by atoms with Gasteiger partial charge in [-0.05, 0) is 0 Å². The molecule has 2 atom stereocenters. The average molecular weight is 634 g/mol. The lowest BCUT2D eigenvalue weighted by atomic mass is 10.0. The zero-order valence-electron chi connectivity index (χ0n) is 23.9. The molecule has 3 aromatic heterocycles. The number of nitrogens with one attached hydrogen (secondary N) is 1. The Morgan fingerprint density at radius 1 is 1.35 bits per heavy atom. The number of thioether (sulfide) groups is 1. The van der Waals surface area contributed by atoms with E-state index in [9.17, 15) is 24.3 Å². The van der Waals surface area contributed by atoms with Crippen LogP contribution in [0.2, 0.25) is 0 Å². The highest BCUT2D eigenvalue weighted by molar-refractivity contribution is 8.00. The SMILES string of the molecule is CC(=O)N(C)C.CON=C(C(=O)NC1C(=O)N2C(C(=O)[O-])=C(C[n+]3ccc4ncn(C)c4c3)CS[C@@H]12)c1csc(N)n1.O. The van der Waals surface area contributed by atoms with E-state index in [0.29, 0.717) is 11.3 Å². The fraction of sp³-hybridized carbons (Fsp3) is 0.360. The van der Waals surface area contributed by atoms with E-state index >= 15 is 0 Å². The summed E-state index contributed by atoms with van der Waals surface area (Å²) in [6.45, 7) is 1.78. The molecule has 5 rings (SSSR count). The number of rotatable bonds is 7. The number of β-lactam (4-membered cyclic amide) rings is 1. The molecule has 5 N–H and O–H groups in total. The summed E-state index contributed by atoms with van der Waals surface area (Å²) >= 11 is 2.48. The van der Waals surface area contributed by atoms with Gasteiger partial charge in [0.05, 0.1) is 18.0 Å². The number of thiazole rings is 1. The quantitative estimate of drug-likeness (QED) is 0.122. The van der Waals surface area contributed by atoms with Crippen LogP contribution in [-0.4, -0.2) is 97.6 Å². The molecule has 5 heterocycles. The van der Waals surface area contributed by atoms with Gasteiger partial charge in [0.25, 0.3) is 11.8 Å². The normalized spacial score (nSPS) is 17.7. The zero-order valence-corrected chi connectivity index (χ0v) is 25.6. The second-order valence-electron chi connectivity index (χ2n) is 9.45. The Morgan fingerprint density at radius 3 is 2.63 bits per heavy atom. The number of hydrogen-bond acceptors (Lipinski definition) is 12. The minimum absolute atomic E-state index is 0. The number of anilines is 1. The topological polar surface area (TPSA) is 224 Å². The molecule has 0 aromatic carbocycles. The predicted octanol–water partition coefficient (Wildman–Crippen LogP) is -2.38. The van der Waals surface area contributed by atoms with Crippen molar-refractivity contribution in [3.63, 3.8) is 0 Å². The fourth-order valence-electron chi connectivity index (χ4n) is 4.12. The maximum atomic E-state index is 13.0. The highest BCUT2D eigenvalue weighted by atomic mass is 32.2. The number of pyridine rings is 1. The number of nitrogens with zero attached hydrogens (tertiary/aromatic N) is 7. The maximum absolute atomic E-state index is 13.0. The number of carboxylic acids is 1. The van der Waals surface area contributed by atoms with Crippen molar-refractivity contribution < 1.29 is 39.2 Å². The van der Waals surface area contributed by atoms with Crippen molar-refractivity contribution in [3.8, 4) is 0 Å². The van der Waals surface area contributed by atoms with E-state index in [1.807, 2.05) is 28.4 Å². The monoisotopic (exact) mass is 633 g/mol. The Kier molecular flexibility index (Phi) is 10.4. The molecular weight excluding hydrogens is 602 g/mol. The molecule has 0 radical (unpaired) electrons. The van der Waals surface area contributed by atoms with E-state index in [1.54, 1.807) is 32.0 Å². The Bertz CT molecular complexity index is 1610. The van der Waals surface area contributed by atoms with Crippen LogP contribution < -0.4 is 20.7 Å². The third-order valence-electron chi connectivity index (χ3n) is 6.42. The Labute approximate surface area is 254 Å². The minimum Gasteiger partial charge on any atom is -0.543 e. The van der Waals surface area contributed by atoms with Gasteiger partial charge in [0.2, 0.25) is 5.91 Å². The second kappa shape index (κ2) is 13.6. The van der Waals surface area contributed by atoms with E-state index in [1.165, 1.54) is 35.6 Å². The molecule has 0 spiro atoms. The van der Waals surface area contributed by atoms with Crippen molar-refractivity contribution in [2.45, 2.75) is 24.9 Å². The molecule has 2 aliphatic rings. The Hall–Kier alpha value is -4.55. The summed E-state index contributed by atoms with van der Waals surface area (Å²) in [4.78, 5) is 63.8. The van der Waals surface area contributed by atoms with Gasteiger partial charge < -0.3 is 40.7 Å². The zero-order chi connectivity index (χ0) is 30.7. The van der Waals surface area contributed by atoms with Crippen molar-refractivity contribution in [1.82, 2.24) is 29.7 Å².